The molecule has 0 spiro atoms. The molecule has 0 atom stereocenters. The lowest BCUT2D eigenvalue weighted by Gasteiger charge is -1.99. The third kappa shape index (κ3) is 2.05. The number of ketones is 1. The van der Waals surface area contributed by atoms with E-state index in [0.29, 0.717) is 33.3 Å². The van der Waals surface area contributed by atoms with Crippen LogP contribution in [0.5, 0.6) is 0 Å². The van der Waals surface area contributed by atoms with Gasteiger partial charge in [-0.1, -0.05) is 23.2 Å². The molecule has 0 saturated carbocycles. The topological polar surface area (TPSA) is 32.9 Å². The molecule has 0 aliphatic heterocycles. The maximum atomic E-state index is 11.8. The Morgan fingerprint density at radius 1 is 1.31 bits per heavy atom. The van der Waals surface area contributed by atoms with Crippen molar-refractivity contribution in [1.29, 1.82) is 0 Å². The minimum atomic E-state index is -0.0227. The lowest BCUT2D eigenvalue weighted by Crippen LogP contribution is -1.98. The molecule has 84 valence electrons. The van der Waals surface area contributed by atoms with Crippen LogP contribution >= 0.6 is 34.8 Å². The van der Waals surface area contributed by atoms with Crippen molar-refractivity contribution in [2.75, 3.05) is 5.88 Å². The summed E-state index contributed by atoms with van der Waals surface area (Å²) in [6.07, 6.45) is 1.94. The van der Waals surface area contributed by atoms with Crippen LogP contribution in [0.4, 0.5) is 0 Å². The molecule has 1 aromatic carbocycles. The van der Waals surface area contributed by atoms with Gasteiger partial charge < -0.3 is 4.98 Å². The van der Waals surface area contributed by atoms with Crippen molar-refractivity contribution in [2.24, 2.45) is 0 Å². The molecule has 1 aromatic heterocycles. The number of aromatic nitrogens is 1. The average molecular weight is 277 g/mol. The molecule has 2 nitrogen and oxygen atoms in total. The van der Waals surface area contributed by atoms with Crippen molar-refractivity contribution in [3.63, 3.8) is 0 Å². The van der Waals surface area contributed by atoms with E-state index in [4.69, 9.17) is 34.8 Å². The van der Waals surface area contributed by atoms with Crippen molar-refractivity contribution < 1.29 is 4.79 Å². The highest BCUT2D eigenvalue weighted by Crippen LogP contribution is 2.30. The van der Waals surface area contributed by atoms with E-state index < -0.39 is 0 Å². The number of fused-ring (bicyclic) bond motifs is 1. The minimum absolute atomic E-state index is 0.0227. The van der Waals surface area contributed by atoms with Gasteiger partial charge in [0, 0.05) is 40.0 Å². The first-order chi connectivity index (χ1) is 7.63. The zero-order valence-corrected chi connectivity index (χ0v) is 10.5. The molecule has 16 heavy (non-hydrogen) atoms. The molecule has 0 radical (unpaired) electrons. The predicted molar refractivity (Wildman–Crippen MR) is 68.0 cm³/mol. The van der Waals surface area contributed by atoms with Gasteiger partial charge in [0.05, 0.1) is 5.02 Å². The highest BCUT2D eigenvalue weighted by atomic mass is 35.5. The molecule has 2 aromatic rings. The van der Waals surface area contributed by atoms with Crippen molar-refractivity contribution in [3.8, 4) is 0 Å². The summed E-state index contributed by atoms with van der Waals surface area (Å²) in [6, 6.07) is 3.36. The standard InChI is InChI=1S/C11H8Cl3NO/c12-2-1-10(16)7-5-15-9-4-6(13)3-8(14)11(7)9/h3-5,15H,1-2H2. The number of halogens is 3. The molecule has 0 aliphatic rings. The monoisotopic (exact) mass is 275 g/mol. The van der Waals surface area contributed by atoms with Gasteiger partial charge in [0.1, 0.15) is 0 Å². The molecule has 1 N–H and O–H groups in total. The number of nitrogens with one attached hydrogen (secondary N) is 1. The number of benzene rings is 1. The largest absolute Gasteiger partial charge is 0.360 e. The maximum absolute atomic E-state index is 11.8. The van der Waals surface area contributed by atoms with Crippen LogP contribution in [0, 0.1) is 0 Å². The Balaban J connectivity index is 2.60. The summed E-state index contributed by atoms with van der Waals surface area (Å²) < 4.78 is 0. The van der Waals surface area contributed by atoms with Crippen molar-refractivity contribution in [1.82, 2.24) is 4.98 Å². The SMILES string of the molecule is O=C(CCCl)c1c[nH]c2cc(Cl)cc(Cl)c12. The van der Waals surface area contributed by atoms with Crippen LogP contribution in [-0.2, 0) is 0 Å². The van der Waals surface area contributed by atoms with E-state index in [2.05, 4.69) is 4.98 Å². The molecule has 0 amide bonds. The van der Waals surface area contributed by atoms with Gasteiger partial charge >= 0.3 is 0 Å². The molecule has 0 fully saturated rings. The van der Waals surface area contributed by atoms with Gasteiger partial charge in [0.25, 0.3) is 0 Å². The van der Waals surface area contributed by atoms with Gasteiger partial charge in [0.15, 0.2) is 5.78 Å². The number of alkyl halides is 1. The number of carbonyl (C=O) groups excluding carboxylic acids is 1. The van der Waals surface area contributed by atoms with Crippen LogP contribution in [0.3, 0.4) is 0 Å². The van der Waals surface area contributed by atoms with Crippen LogP contribution in [0.1, 0.15) is 16.8 Å². The summed E-state index contributed by atoms with van der Waals surface area (Å²) in [5.41, 5.74) is 1.33. The third-order valence-electron chi connectivity index (χ3n) is 2.32. The van der Waals surface area contributed by atoms with Gasteiger partial charge in [-0.25, -0.2) is 0 Å². The van der Waals surface area contributed by atoms with E-state index >= 15 is 0 Å². The number of Topliss-reactive ketones (excluding diaryl/α,β-unsaturated/α-hetero) is 1. The summed E-state index contributed by atoms with van der Waals surface area (Å²) in [5.74, 6) is 0.280. The lowest BCUT2D eigenvalue weighted by molar-refractivity contribution is 0.0991. The Hall–Kier alpha value is -0.700. The fourth-order valence-corrected chi connectivity index (χ4v) is 2.39. The number of H-pyrrole nitrogens is 1. The van der Waals surface area contributed by atoms with E-state index in [0.717, 1.165) is 5.52 Å². The number of hydrogen-bond donors (Lipinski definition) is 1. The number of rotatable bonds is 3. The Bertz CT molecular complexity index is 547. The van der Waals surface area contributed by atoms with E-state index in [9.17, 15) is 4.79 Å². The van der Waals surface area contributed by atoms with Crippen LogP contribution in [0.2, 0.25) is 10.0 Å². The van der Waals surface area contributed by atoms with Crippen molar-refractivity contribution in [2.45, 2.75) is 6.42 Å². The zero-order valence-electron chi connectivity index (χ0n) is 8.19. The Kier molecular flexibility index (Phi) is 3.43. The normalized spacial score (nSPS) is 10.9. The van der Waals surface area contributed by atoms with Crippen molar-refractivity contribution >= 4 is 51.5 Å². The Morgan fingerprint density at radius 3 is 2.75 bits per heavy atom. The number of aromatic amines is 1. The molecule has 2 rings (SSSR count). The van der Waals surface area contributed by atoms with Crippen LogP contribution < -0.4 is 0 Å². The van der Waals surface area contributed by atoms with Gasteiger partial charge in [-0.2, -0.15) is 0 Å². The van der Waals surface area contributed by atoms with Crippen molar-refractivity contribution in [3.05, 3.63) is 33.9 Å². The predicted octanol–water partition coefficient (Wildman–Crippen LogP) is 4.29. The van der Waals surface area contributed by atoms with Crippen LogP contribution in [0.25, 0.3) is 10.9 Å². The fraction of sp³-hybridized carbons (Fsp3) is 0.182. The van der Waals surface area contributed by atoms with Crippen LogP contribution in [-0.4, -0.2) is 16.6 Å². The highest BCUT2D eigenvalue weighted by molar-refractivity contribution is 6.39. The highest BCUT2D eigenvalue weighted by Gasteiger charge is 2.14. The summed E-state index contributed by atoms with van der Waals surface area (Å²) in [6.45, 7) is 0. The first-order valence-corrected chi connectivity index (χ1v) is 5.98. The smallest absolute Gasteiger partial charge is 0.166 e. The molecular weight excluding hydrogens is 268 g/mol. The third-order valence-corrected chi connectivity index (χ3v) is 3.02. The summed E-state index contributed by atoms with van der Waals surface area (Å²) in [5, 5.41) is 1.72. The Labute approximate surface area is 107 Å². The maximum Gasteiger partial charge on any atom is 0.166 e. The van der Waals surface area contributed by atoms with E-state index in [1.165, 1.54) is 0 Å². The minimum Gasteiger partial charge on any atom is -0.360 e. The van der Waals surface area contributed by atoms with E-state index in [1.54, 1.807) is 18.3 Å². The molecule has 0 saturated heterocycles. The summed E-state index contributed by atoms with van der Waals surface area (Å²) >= 11 is 17.5. The fourth-order valence-electron chi connectivity index (χ4n) is 1.62. The van der Waals surface area contributed by atoms with Crippen LogP contribution in [0.15, 0.2) is 18.3 Å². The van der Waals surface area contributed by atoms with Gasteiger partial charge in [0.2, 0.25) is 0 Å². The second-order valence-corrected chi connectivity index (χ2v) is 4.60. The zero-order chi connectivity index (χ0) is 11.7. The Morgan fingerprint density at radius 2 is 2.06 bits per heavy atom. The summed E-state index contributed by atoms with van der Waals surface area (Å²) in [4.78, 5) is 14.7. The number of hydrogen-bond acceptors (Lipinski definition) is 1. The first-order valence-electron chi connectivity index (χ1n) is 4.68. The average Bonchev–Trinajstić information content (AvgIpc) is 2.61. The van der Waals surface area contributed by atoms with Gasteiger partial charge in [-0.15, -0.1) is 11.6 Å². The molecule has 5 heteroatoms. The second kappa shape index (κ2) is 4.66. The van der Waals surface area contributed by atoms with Gasteiger partial charge in [-0.3, -0.25) is 4.79 Å². The lowest BCUT2D eigenvalue weighted by atomic mass is 10.1. The van der Waals surface area contributed by atoms with E-state index in [1.807, 2.05) is 0 Å². The summed E-state index contributed by atoms with van der Waals surface area (Å²) in [7, 11) is 0. The van der Waals surface area contributed by atoms with Gasteiger partial charge in [-0.05, 0) is 12.1 Å². The quantitative estimate of drug-likeness (QED) is 0.658. The molecule has 0 bridgehead atoms. The molecule has 0 aliphatic carbocycles. The first kappa shape index (κ1) is 11.8. The number of carbonyl (C=O) groups is 1. The molecule has 1 heterocycles. The molecular formula is C11H8Cl3NO. The second-order valence-electron chi connectivity index (χ2n) is 3.37. The van der Waals surface area contributed by atoms with E-state index in [-0.39, 0.29) is 5.78 Å². The molecule has 0 unspecified atom stereocenters.